The predicted octanol–water partition coefficient (Wildman–Crippen LogP) is 3.90. The van der Waals surface area contributed by atoms with E-state index < -0.39 is 15.4 Å². The van der Waals surface area contributed by atoms with Gasteiger partial charge in [0.25, 0.3) is 10.1 Å². The molecule has 0 heterocycles. The molecule has 1 aliphatic carbocycles. The van der Waals surface area contributed by atoms with Crippen molar-refractivity contribution in [1.29, 1.82) is 0 Å². The van der Waals surface area contributed by atoms with Gasteiger partial charge in [-0.15, -0.1) is 0 Å². The Labute approximate surface area is 112 Å². The van der Waals surface area contributed by atoms with E-state index in [1.54, 1.807) is 0 Å². The Morgan fingerprint density at radius 1 is 1.06 bits per heavy atom. The van der Waals surface area contributed by atoms with Crippen molar-refractivity contribution in [3.8, 4) is 0 Å². The highest BCUT2D eigenvalue weighted by molar-refractivity contribution is 7.86. The van der Waals surface area contributed by atoms with Crippen molar-refractivity contribution in [2.24, 2.45) is 17.3 Å². The van der Waals surface area contributed by atoms with Crippen LogP contribution in [0.25, 0.3) is 0 Å². The van der Waals surface area contributed by atoms with E-state index in [0.29, 0.717) is 30.1 Å². The number of rotatable bonds is 5. The molecule has 3 nitrogen and oxygen atoms in total. The molecule has 108 valence electrons. The molecule has 0 unspecified atom stereocenters. The molecule has 0 bridgehead atoms. The molecular weight excluding hydrogens is 248 g/mol. The van der Waals surface area contributed by atoms with Gasteiger partial charge in [0.1, 0.15) is 0 Å². The second kappa shape index (κ2) is 5.91. The lowest BCUT2D eigenvalue weighted by Crippen LogP contribution is -2.35. The zero-order chi connectivity index (χ0) is 14.0. The minimum absolute atomic E-state index is 0.295. The Morgan fingerprint density at radius 2 is 1.44 bits per heavy atom. The molecule has 0 spiro atoms. The fraction of sp³-hybridized carbons (Fsp3) is 1.00. The SMILES string of the molecule is CC(C)CC1(CC(C)C)CCC(S(=O)(=O)O)CC1. The van der Waals surface area contributed by atoms with Gasteiger partial charge in [0.2, 0.25) is 0 Å². The van der Waals surface area contributed by atoms with Gasteiger partial charge < -0.3 is 0 Å². The van der Waals surface area contributed by atoms with Crippen molar-refractivity contribution < 1.29 is 13.0 Å². The monoisotopic (exact) mass is 276 g/mol. The largest absolute Gasteiger partial charge is 0.285 e. The predicted molar refractivity (Wildman–Crippen MR) is 75.1 cm³/mol. The molecule has 4 heteroatoms. The molecular formula is C14H28O3S. The first-order valence-electron chi connectivity index (χ1n) is 7.11. The van der Waals surface area contributed by atoms with Gasteiger partial charge in [0, 0.05) is 0 Å². The average molecular weight is 276 g/mol. The molecule has 1 rings (SSSR count). The van der Waals surface area contributed by atoms with Gasteiger partial charge in [-0.1, -0.05) is 27.7 Å². The second-order valence-corrected chi connectivity index (χ2v) is 8.61. The Morgan fingerprint density at radius 3 is 1.72 bits per heavy atom. The second-order valence-electron chi connectivity index (χ2n) is 6.91. The fourth-order valence-corrected chi connectivity index (χ4v) is 4.56. The molecule has 0 atom stereocenters. The Bertz CT molecular complexity index is 337. The molecule has 1 saturated carbocycles. The Hall–Kier alpha value is -0.0900. The van der Waals surface area contributed by atoms with Crippen LogP contribution < -0.4 is 0 Å². The zero-order valence-electron chi connectivity index (χ0n) is 12.1. The molecule has 0 aromatic rings. The summed E-state index contributed by atoms with van der Waals surface area (Å²) in [6, 6.07) is 0. The van der Waals surface area contributed by atoms with E-state index in [9.17, 15) is 8.42 Å². The quantitative estimate of drug-likeness (QED) is 0.775. The van der Waals surface area contributed by atoms with Crippen LogP contribution in [-0.2, 0) is 10.1 Å². The van der Waals surface area contributed by atoms with Crippen LogP contribution in [0.3, 0.4) is 0 Å². The maximum atomic E-state index is 11.2. The minimum Gasteiger partial charge on any atom is -0.285 e. The summed E-state index contributed by atoms with van der Waals surface area (Å²) in [7, 11) is -3.83. The summed E-state index contributed by atoms with van der Waals surface area (Å²) in [4.78, 5) is 0. The third-order valence-electron chi connectivity index (χ3n) is 4.10. The third kappa shape index (κ3) is 4.54. The molecule has 18 heavy (non-hydrogen) atoms. The Kier molecular flexibility index (Phi) is 5.24. The molecule has 0 saturated heterocycles. The van der Waals surface area contributed by atoms with Crippen molar-refractivity contribution in [1.82, 2.24) is 0 Å². The first-order valence-corrected chi connectivity index (χ1v) is 8.61. The third-order valence-corrected chi connectivity index (χ3v) is 5.41. The molecule has 0 aliphatic heterocycles. The van der Waals surface area contributed by atoms with E-state index in [4.69, 9.17) is 4.55 Å². The summed E-state index contributed by atoms with van der Waals surface area (Å²) >= 11 is 0. The van der Waals surface area contributed by atoms with Gasteiger partial charge in [-0.25, -0.2) is 0 Å². The van der Waals surface area contributed by atoms with E-state index in [-0.39, 0.29) is 0 Å². The summed E-state index contributed by atoms with van der Waals surface area (Å²) in [5, 5.41) is -0.523. The lowest BCUT2D eigenvalue weighted by molar-refractivity contribution is 0.117. The summed E-state index contributed by atoms with van der Waals surface area (Å²) in [5.41, 5.74) is 0.295. The van der Waals surface area contributed by atoms with Crippen molar-refractivity contribution in [3.63, 3.8) is 0 Å². The van der Waals surface area contributed by atoms with Crippen molar-refractivity contribution >= 4 is 10.1 Å². The first-order chi connectivity index (χ1) is 8.15. The zero-order valence-corrected chi connectivity index (χ0v) is 13.0. The molecule has 0 aromatic heterocycles. The highest BCUT2D eigenvalue weighted by Gasteiger charge is 2.39. The van der Waals surface area contributed by atoms with Crippen molar-refractivity contribution in [2.45, 2.75) is 71.5 Å². The van der Waals surface area contributed by atoms with E-state index in [1.807, 2.05) is 0 Å². The van der Waals surface area contributed by atoms with Gasteiger partial charge in [-0.05, 0) is 55.8 Å². The highest BCUT2D eigenvalue weighted by Crippen LogP contribution is 2.47. The summed E-state index contributed by atoms with van der Waals surface area (Å²) in [6.07, 6.45) is 5.46. The smallest absolute Gasteiger partial charge is 0.267 e. The molecule has 1 N–H and O–H groups in total. The van der Waals surface area contributed by atoms with Gasteiger partial charge in [0.05, 0.1) is 5.25 Å². The van der Waals surface area contributed by atoms with Crippen LogP contribution in [-0.4, -0.2) is 18.2 Å². The van der Waals surface area contributed by atoms with Crippen LogP contribution >= 0.6 is 0 Å². The maximum absolute atomic E-state index is 11.2. The maximum Gasteiger partial charge on any atom is 0.267 e. The summed E-state index contributed by atoms with van der Waals surface area (Å²) in [5.74, 6) is 1.29. The highest BCUT2D eigenvalue weighted by atomic mass is 32.2. The Balaban J connectivity index is 2.73. The fourth-order valence-electron chi connectivity index (χ4n) is 3.73. The summed E-state index contributed by atoms with van der Waals surface area (Å²) in [6.45, 7) is 8.93. The van der Waals surface area contributed by atoms with Crippen LogP contribution in [0, 0.1) is 17.3 Å². The van der Waals surface area contributed by atoms with Gasteiger partial charge >= 0.3 is 0 Å². The van der Waals surface area contributed by atoms with Crippen LogP contribution in [0.4, 0.5) is 0 Å². The van der Waals surface area contributed by atoms with Gasteiger partial charge in [0.15, 0.2) is 0 Å². The molecule has 0 radical (unpaired) electrons. The normalized spacial score (nSPS) is 21.7. The van der Waals surface area contributed by atoms with E-state index >= 15 is 0 Å². The van der Waals surface area contributed by atoms with Gasteiger partial charge in [-0.2, -0.15) is 8.42 Å². The van der Waals surface area contributed by atoms with Crippen LogP contribution in [0.5, 0.6) is 0 Å². The molecule has 0 aromatic carbocycles. The first kappa shape index (κ1) is 16.0. The lowest BCUT2D eigenvalue weighted by Gasteiger charge is -2.42. The standard InChI is InChI=1S/C14H28O3S/c1-11(2)9-14(10-12(3)4)7-5-13(6-8-14)18(15,16)17/h11-13H,5-10H2,1-4H3,(H,15,16,17). The van der Waals surface area contributed by atoms with E-state index in [0.717, 1.165) is 12.8 Å². The van der Waals surface area contributed by atoms with E-state index in [1.165, 1.54) is 12.8 Å². The average Bonchev–Trinajstić information content (AvgIpc) is 2.13. The number of hydrogen-bond donors (Lipinski definition) is 1. The van der Waals surface area contributed by atoms with Crippen LogP contribution in [0.15, 0.2) is 0 Å². The molecule has 1 fully saturated rings. The van der Waals surface area contributed by atoms with Crippen LogP contribution in [0.2, 0.25) is 0 Å². The van der Waals surface area contributed by atoms with Crippen molar-refractivity contribution in [2.75, 3.05) is 0 Å². The topological polar surface area (TPSA) is 54.4 Å². The summed E-state index contributed by atoms with van der Waals surface area (Å²) < 4.78 is 31.5. The molecule has 1 aliphatic rings. The minimum atomic E-state index is -3.83. The van der Waals surface area contributed by atoms with Crippen LogP contribution in [0.1, 0.15) is 66.2 Å². The number of hydrogen-bond acceptors (Lipinski definition) is 2. The van der Waals surface area contributed by atoms with E-state index in [2.05, 4.69) is 27.7 Å². The lowest BCUT2D eigenvalue weighted by atomic mass is 9.65. The molecule has 0 amide bonds. The van der Waals surface area contributed by atoms with Crippen molar-refractivity contribution in [3.05, 3.63) is 0 Å². The van der Waals surface area contributed by atoms with Gasteiger partial charge in [-0.3, -0.25) is 4.55 Å².